The zero-order valence-corrected chi connectivity index (χ0v) is 12.3. The molecular formula is C18H21F2N. The molecule has 0 aliphatic heterocycles. The van der Waals surface area contributed by atoms with Gasteiger partial charge in [0.15, 0.2) is 0 Å². The minimum absolute atomic E-state index is 0.175. The summed E-state index contributed by atoms with van der Waals surface area (Å²) in [7, 11) is 0. The van der Waals surface area contributed by atoms with Gasteiger partial charge in [-0.3, -0.25) is 0 Å². The van der Waals surface area contributed by atoms with Gasteiger partial charge in [0.25, 0.3) is 0 Å². The van der Waals surface area contributed by atoms with E-state index in [-0.39, 0.29) is 6.04 Å². The first-order valence-corrected chi connectivity index (χ1v) is 7.39. The van der Waals surface area contributed by atoms with E-state index in [1.54, 1.807) is 0 Å². The Hall–Kier alpha value is -1.74. The van der Waals surface area contributed by atoms with Crippen molar-refractivity contribution in [2.45, 2.75) is 32.2 Å². The molecule has 0 fully saturated rings. The molecule has 0 radical (unpaired) electrons. The van der Waals surface area contributed by atoms with Gasteiger partial charge in [0.2, 0.25) is 0 Å². The van der Waals surface area contributed by atoms with E-state index in [2.05, 4.69) is 24.4 Å². The zero-order chi connectivity index (χ0) is 15.1. The van der Waals surface area contributed by atoms with Gasteiger partial charge >= 0.3 is 0 Å². The van der Waals surface area contributed by atoms with Gasteiger partial charge in [-0.2, -0.15) is 0 Å². The minimum atomic E-state index is -0.515. The van der Waals surface area contributed by atoms with E-state index in [1.807, 2.05) is 18.2 Å². The molecule has 0 aromatic heterocycles. The molecule has 2 aromatic rings. The van der Waals surface area contributed by atoms with Crippen LogP contribution in [0.25, 0.3) is 0 Å². The Labute approximate surface area is 125 Å². The van der Waals surface area contributed by atoms with Gasteiger partial charge in [0, 0.05) is 12.1 Å². The van der Waals surface area contributed by atoms with E-state index in [1.165, 1.54) is 17.7 Å². The molecule has 1 atom stereocenters. The van der Waals surface area contributed by atoms with Crippen molar-refractivity contribution in [3.8, 4) is 0 Å². The first-order chi connectivity index (χ1) is 10.2. The van der Waals surface area contributed by atoms with Crippen molar-refractivity contribution < 1.29 is 8.78 Å². The number of rotatable bonds is 7. The highest BCUT2D eigenvalue weighted by molar-refractivity contribution is 5.21. The normalized spacial score (nSPS) is 12.3. The van der Waals surface area contributed by atoms with Crippen molar-refractivity contribution in [2.24, 2.45) is 0 Å². The lowest BCUT2D eigenvalue weighted by atomic mass is 9.98. The van der Waals surface area contributed by atoms with E-state index in [0.717, 1.165) is 25.5 Å². The summed E-state index contributed by atoms with van der Waals surface area (Å²) in [6.07, 6.45) is 2.49. The standard InChI is InChI=1S/C18H21F2N/c1-2-8-21-18(11-14-6-4-3-5-7-14)12-15-9-16(19)13-17(20)10-15/h3-7,9-10,13,18,21H,2,8,11-12H2,1H3. The molecule has 0 amide bonds. The fourth-order valence-corrected chi connectivity index (χ4v) is 2.48. The molecule has 21 heavy (non-hydrogen) atoms. The number of benzene rings is 2. The van der Waals surface area contributed by atoms with Crippen LogP contribution >= 0.6 is 0 Å². The van der Waals surface area contributed by atoms with Crippen LogP contribution in [0.5, 0.6) is 0 Å². The molecule has 0 aliphatic carbocycles. The summed E-state index contributed by atoms with van der Waals surface area (Å²) < 4.78 is 26.6. The maximum atomic E-state index is 13.3. The van der Waals surface area contributed by atoms with Crippen molar-refractivity contribution in [1.82, 2.24) is 5.32 Å². The Kier molecular flexibility index (Phi) is 5.88. The van der Waals surface area contributed by atoms with Crippen LogP contribution < -0.4 is 5.32 Å². The third-order valence-corrected chi connectivity index (χ3v) is 3.41. The van der Waals surface area contributed by atoms with Gasteiger partial charge in [-0.1, -0.05) is 37.3 Å². The molecule has 1 nitrogen and oxygen atoms in total. The largest absolute Gasteiger partial charge is 0.313 e. The first-order valence-electron chi connectivity index (χ1n) is 7.39. The lowest BCUT2D eigenvalue weighted by Crippen LogP contribution is -2.33. The van der Waals surface area contributed by atoms with Crippen LogP contribution in [0.15, 0.2) is 48.5 Å². The molecule has 1 N–H and O–H groups in total. The third-order valence-electron chi connectivity index (χ3n) is 3.41. The minimum Gasteiger partial charge on any atom is -0.313 e. The van der Waals surface area contributed by atoms with Crippen molar-refractivity contribution in [1.29, 1.82) is 0 Å². The van der Waals surface area contributed by atoms with Crippen molar-refractivity contribution >= 4 is 0 Å². The van der Waals surface area contributed by atoms with E-state index < -0.39 is 11.6 Å². The van der Waals surface area contributed by atoms with E-state index in [4.69, 9.17) is 0 Å². The second-order valence-corrected chi connectivity index (χ2v) is 5.32. The second-order valence-electron chi connectivity index (χ2n) is 5.32. The molecular weight excluding hydrogens is 268 g/mol. The van der Waals surface area contributed by atoms with E-state index in [0.29, 0.717) is 12.0 Å². The van der Waals surface area contributed by atoms with E-state index in [9.17, 15) is 8.78 Å². The molecule has 0 saturated carbocycles. The van der Waals surface area contributed by atoms with Gasteiger partial charge in [-0.15, -0.1) is 0 Å². The average Bonchev–Trinajstić information content (AvgIpc) is 2.45. The predicted octanol–water partition coefficient (Wildman–Crippen LogP) is 4.12. The molecule has 0 saturated heterocycles. The smallest absolute Gasteiger partial charge is 0.126 e. The summed E-state index contributed by atoms with van der Waals surface area (Å²) in [5.41, 5.74) is 1.92. The third kappa shape index (κ3) is 5.27. The van der Waals surface area contributed by atoms with Gasteiger partial charge in [0.1, 0.15) is 11.6 Å². The van der Waals surface area contributed by atoms with Crippen LogP contribution in [-0.4, -0.2) is 12.6 Å². The first kappa shape index (κ1) is 15.6. The summed E-state index contributed by atoms with van der Waals surface area (Å²) in [4.78, 5) is 0. The quantitative estimate of drug-likeness (QED) is 0.808. The topological polar surface area (TPSA) is 12.0 Å². The van der Waals surface area contributed by atoms with Gasteiger partial charge in [0.05, 0.1) is 0 Å². The molecule has 2 aromatic carbocycles. The van der Waals surface area contributed by atoms with Crippen LogP contribution in [0.4, 0.5) is 8.78 Å². The molecule has 112 valence electrons. The Bertz CT molecular complexity index is 534. The Morgan fingerprint density at radius 1 is 0.905 bits per heavy atom. The molecule has 1 unspecified atom stereocenters. The van der Waals surface area contributed by atoms with Crippen molar-refractivity contribution in [2.75, 3.05) is 6.54 Å². The van der Waals surface area contributed by atoms with Crippen LogP contribution in [0, 0.1) is 11.6 Å². The molecule has 3 heteroatoms. The summed E-state index contributed by atoms with van der Waals surface area (Å²) in [6.45, 7) is 3.00. The Morgan fingerprint density at radius 3 is 2.14 bits per heavy atom. The monoisotopic (exact) mass is 289 g/mol. The summed E-state index contributed by atoms with van der Waals surface area (Å²) in [5, 5.41) is 3.46. The van der Waals surface area contributed by atoms with E-state index >= 15 is 0 Å². The van der Waals surface area contributed by atoms with Gasteiger partial charge in [-0.05, 0) is 49.1 Å². The molecule has 2 rings (SSSR count). The maximum absolute atomic E-state index is 13.3. The van der Waals surface area contributed by atoms with Crippen molar-refractivity contribution in [3.05, 3.63) is 71.3 Å². The summed E-state index contributed by atoms with van der Waals surface area (Å²) in [6, 6.07) is 14.1. The predicted molar refractivity (Wildman–Crippen MR) is 82.3 cm³/mol. The molecule has 0 aliphatic rings. The lowest BCUT2D eigenvalue weighted by Gasteiger charge is -2.19. The lowest BCUT2D eigenvalue weighted by molar-refractivity contribution is 0.500. The highest BCUT2D eigenvalue weighted by Crippen LogP contribution is 2.13. The van der Waals surface area contributed by atoms with Crippen LogP contribution in [-0.2, 0) is 12.8 Å². The van der Waals surface area contributed by atoms with Crippen LogP contribution in [0.1, 0.15) is 24.5 Å². The number of hydrogen-bond acceptors (Lipinski definition) is 1. The molecule has 0 bridgehead atoms. The SMILES string of the molecule is CCCNC(Cc1ccccc1)Cc1cc(F)cc(F)c1. The number of halogens is 2. The highest BCUT2D eigenvalue weighted by Gasteiger charge is 2.11. The average molecular weight is 289 g/mol. The maximum Gasteiger partial charge on any atom is 0.126 e. The van der Waals surface area contributed by atoms with Crippen LogP contribution in [0.2, 0.25) is 0 Å². The number of nitrogens with one attached hydrogen (secondary N) is 1. The zero-order valence-electron chi connectivity index (χ0n) is 12.3. The van der Waals surface area contributed by atoms with Gasteiger partial charge in [-0.25, -0.2) is 8.78 Å². The summed E-state index contributed by atoms with van der Waals surface area (Å²) in [5.74, 6) is -1.03. The Morgan fingerprint density at radius 2 is 1.52 bits per heavy atom. The molecule has 0 spiro atoms. The summed E-state index contributed by atoms with van der Waals surface area (Å²) >= 11 is 0. The van der Waals surface area contributed by atoms with Gasteiger partial charge < -0.3 is 5.32 Å². The number of hydrogen-bond donors (Lipinski definition) is 1. The van der Waals surface area contributed by atoms with Crippen LogP contribution in [0.3, 0.4) is 0 Å². The molecule has 0 heterocycles. The fourth-order valence-electron chi connectivity index (χ4n) is 2.48. The highest BCUT2D eigenvalue weighted by atomic mass is 19.1. The Balaban J connectivity index is 2.08. The second kappa shape index (κ2) is 7.89. The fraction of sp³-hybridized carbons (Fsp3) is 0.333. The van der Waals surface area contributed by atoms with Crippen molar-refractivity contribution in [3.63, 3.8) is 0 Å².